The van der Waals surface area contributed by atoms with Crippen molar-refractivity contribution in [1.29, 1.82) is 0 Å². The SMILES string of the molecule is Cc1ccc2c(c1)nc(C1CNCC1C)n2C(C)C. The normalized spacial score (nSPS) is 23.6. The summed E-state index contributed by atoms with van der Waals surface area (Å²) in [5, 5.41) is 3.49. The Balaban J connectivity index is 2.19. The Morgan fingerprint density at radius 2 is 2.11 bits per heavy atom. The molecule has 3 nitrogen and oxygen atoms in total. The van der Waals surface area contributed by atoms with Crippen LogP contribution in [0.1, 0.15) is 44.1 Å². The van der Waals surface area contributed by atoms with Crippen LogP contribution < -0.4 is 5.32 Å². The molecule has 3 heteroatoms. The quantitative estimate of drug-likeness (QED) is 0.895. The van der Waals surface area contributed by atoms with Crippen molar-refractivity contribution in [2.45, 2.75) is 39.7 Å². The van der Waals surface area contributed by atoms with E-state index in [1.807, 2.05) is 0 Å². The van der Waals surface area contributed by atoms with Crippen LogP contribution in [0.2, 0.25) is 0 Å². The summed E-state index contributed by atoms with van der Waals surface area (Å²) in [6.07, 6.45) is 0. The standard InChI is InChI=1S/C16H23N3/c1-10(2)19-15-6-5-11(3)7-14(15)18-16(19)13-9-17-8-12(13)4/h5-7,10,12-13,17H,8-9H2,1-4H3. The van der Waals surface area contributed by atoms with Crippen molar-refractivity contribution in [2.24, 2.45) is 5.92 Å². The Hall–Kier alpha value is -1.35. The lowest BCUT2D eigenvalue weighted by Gasteiger charge is -2.19. The Morgan fingerprint density at radius 1 is 1.32 bits per heavy atom. The summed E-state index contributed by atoms with van der Waals surface area (Å²) < 4.78 is 2.42. The van der Waals surface area contributed by atoms with Gasteiger partial charge in [-0.3, -0.25) is 0 Å². The average molecular weight is 257 g/mol. The highest BCUT2D eigenvalue weighted by atomic mass is 15.1. The number of rotatable bonds is 2. The highest BCUT2D eigenvalue weighted by Crippen LogP contribution is 2.32. The molecule has 0 radical (unpaired) electrons. The highest BCUT2D eigenvalue weighted by Gasteiger charge is 2.30. The van der Waals surface area contributed by atoms with Crippen molar-refractivity contribution in [1.82, 2.24) is 14.9 Å². The van der Waals surface area contributed by atoms with Gasteiger partial charge in [0.25, 0.3) is 0 Å². The van der Waals surface area contributed by atoms with Gasteiger partial charge in [-0.05, 0) is 50.9 Å². The minimum Gasteiger partial charge on any atom is -0.325 e. The molecule has 0 bridgehead atoms. The van der Waals surface area contributed by atoms with Crippen LogP contribution in [0.3, 0.4) is 0 Å². The molecule has 102 valence electrons. The van der Waals surface area contributed by atoms with Crippen LogP contribution >= 0.6 is 0 Å². The number of nitrogens with one attached hydrogen (secondary N) is 1. The maximum absolute atomic E-state index is 4.95. The lowest BCUT2D eigenvalue weighted by atomic mass is 9.97. The molecule has 1 fully saturated rings. The van der Waals surface area contributed by atoms with E-state index in [0.29, 0.717) is 17.9 Å². The van der Waals surface area contributed by atoms with Crippen LogP contribution in [0, 0.1) is 12.8 Å². The molecule has 1 N–H and O–H groups in total. The molecule has 1 saturated heterocycles. The van der Waals surface area contributed by atoms with Gasteiger partial charge in [-0.2, -0.15) is 0 Å². The van der Waals surface area contributed by atoms with Gasteiger partial charge in [0.15, 0.2) is 0 Å². The highest BCUT2D eigenvalue weighted by molar-refractivity contribution is 5.77. The number of aryl methyl sites for hydroxylation is 1. The number of hydrogen-bond donors (Lipinski definition) is 1. The summed E-state index contributed by atoms with van der Waals surface area (Å²) in [4.78, 5) is 4.95. The molecule has 3 rings (SSSR count). The van der Waals surface area contributed by atoms with Gasteiger partial charge in [-0.1, -0.05) is 13.0 Å². The summed E-state index contributed by atoms with van der Waals surface area (Å²) in [7, 11) is 0. The topological polar surface area (TPSA) is 29.9 Å². The molecule has 1 aliphatic heterocycles. The lowest BCUT2D eigenvalue weighted by Crippen LogP contribution is -2.16. The van der Waals surface area contributed by atoms with Crippen LogP contribution in [0.15, 0.2) is 18.2 Å². The Kier molecular flexibility index (Phi) is 3.09. The van der Waals surface area contributed by atoms with Gasteiger partial charge in [0.05, 0.1) is 11.0 Å². The summed E-state index contributed by atoms with van der Waals surface area (Å²) in [5.74, 6) is 2.46. The van der Waals surface area contributed by atoms with E-state index in [1.54, 1.807) is 0 Å². The predicted molar refractivity (Wildman–Crippen MR) is 79.6 cm³/mol. The molecule has 1 aromatic carbocycles. The number of aromatic nitrogens is 2. The first-order chi connectivity index (χ1) is 9.08. The van der Waals surface area contributed by atoms with E-state index in [-0.39, 0.29) is 0 Å². The fourth-order valence-corrected chi connectivity index (χ4v) is 3.19. The van der Waals surface area contributed by atoms with Gasteiger partial charge in [-0.25, -0.2) is 4.98 Å². The van der Waals surface area contributed by atoms with Gasteiger partial charge in [0, 0.05) is 18.5 Å². The third-order valence-electron chi connectivity index (χ3n) is 4.24. The first kappa shape index (κ1) is 12.7. The zero-order valence-electron chi connectivity index (χ0n) is 12.3. The summed E-state index contributed by atoms with van der Waals surface area (Å²) >= 11 is 0. The number of imidazole rings is 1. The van der Waals surface area contributed by atoms with E-state index in [2.05, 4.69) is 55.8 Å². The van der Waals surface area contributed by atoms with E-state index >= 15 is 0 Å². The molecular formula is C16H23N3. The first-order valence-corrected chi connectivity index (χ1v) is 7.27. The van der Waals surface area contributed by atoms with Crippen LogP contribution in [0.4, 0.5) is 0 Å². The van der Waals surface area contributed by atoms with E-state index in [1.165, 1.54) is 16.9 Å². The van der Waals surface area contributed by atoms with Gasteiger partial charge in [0.1, 0.15) is 5.82 Å². The second-order valence-electron chi connectivity index (χ2n) is 6.17. The van der Waals surface area contributed by atoms with Gasteiger partial charge >= 0.3 is 0 Å². The van der Waals surface area contributed by atoms with Gasteiger partial charge < -0.3 is 9.88 Å². The number of hydrogen-bond acceptors (Lipinski definition) is 2. The largest absolute Gasteiger partial charge is 0.325 e. The Labute approximate surface area is 115 Å². The zero-order chi connectivity index (χ0) is 13.6. The van der Waals surface area contributed by atoms with E-state index in [4.69, 9.17) is 4.98 Å². The zero-order valence-corrected chi connectivity index (χ0v) is 12.3. The van der Waals surface area contributed by atoms with Crippen molar-refractivity contribution in [3.63, 3.8) is 0 Å². The molecule has 0 aliphatic carbocycles. The maximum Gasteiger partial charge on any atom is 0.114 e. The fraction of sp³-hybridized carbons (Fsp3) is 0.562. The van der Waals surface area contributed by atoms with Crippen molar-refractivity contribution < 1.29 is 0 Å². The minimum absolute atomic E-state index is 0.454. The molecule has 2 atom stereocenters. The summed E-state index contributed by atoms with van der Waals surface area (Å²) in [5.41, 5.74) is 3.70. The molecule has 1 aliphatic rings. The van der Waals surface area contributed by atoms with E-state index in [9.17, 15) is 0 Å². The van der Waals surface area contributed by atoms with Crippen molar-refractivity contribution >= 4 is 11.0 Å². The number of nitrogens with zero attached hydrogens (tertiary/aromatic N) is 2. The molecular weight excluding hydrogens is 234 g/mol. The minimum atomic E-state index is 0.454. The summed E-state index contributed by atoms with van der Waals surface area (Å²) in [6.45, 7) is 11.1. The smallest absolute Gasteiger partial charge is 0.114 e. The van der Waals surface area contributed by atoms with Crippen molar-refractivity contribution in [2.75, 3.05) is 13.1 Å². The fourth-order valence-electron chi connectivity index (χ4n) is 3.19. The lowest BCUT2D eigenvalue weighted by molar-refractivity contribution is 0.492. The van der Waals surface area contributed by atoms with Crippen LogP contribution in [0.5, 0.6) is 0 Å². The third kappa shape index (κ3) is 2.06. The van der Waals surface area contributed by atoms with E-state index < -0.39 is 0 Å². The van der Waals surface area contributed by atoms with Gasteiger partial charge in [0.2, 0.25) is 0 Å². The molecule has 2 aromatic rings. The van der Waals surface area contributed by atoms with Gasteiger partial charge in [-0.15, -0.1) is 0 Å². The maximum atomic E-state index is 4.95. The summed E-state index contributed by atoms with van der Waals surface area (Å²) in [6, 6.07) is 7.05. The van der Waals surface area contributed by atoms with Crippen molar-refractivity contribution in [3.05, 3.63) is 29.6 Å². The molecule has 0 saturated carbocycles. The monoisotopic (exact) mass is 257 g/mol. The number of benzene rings is 1. The van der Waals surface area contributed by atoms with E-state index in [0.717, 1.165) is 18.6 Å². The second kappa shape index (κ2) is 4.64. The van der Waals surface area contributed by atoms with Crippen LogP contribution in [-0.4, -0.2) is 22.6 Å². The molecule has 2 unspecified atom stereocenters. The Bertz CT molecular complexity index is 597. The average Bonchev–Trinajstić information content (AvgIpc) is 2.91. The second-order valence-corrected chi connectivity index (χ2v) is 6.17. The third-order valence-corrected chi connectivity index (χ3v) is 4.24. The Morgan fingerprint density at radius 3 is 2.74 bits per heavy atom. The van der Waals surface area contributed by atoms with Crippen LogP contribution in [-0.2, 0) is 0 Å². The predicted octanol–water partition coefficient (Wildman–Crippen LogP) is 3.25. The number of fused-ring (bicyclic) bond motifs is 1. The molecule has 1 aromatic heterocycles. The molecule has 0 amide bonds. The van der Waals surface area contributed by atoms with Crippen LogP contribution in [0.25, 0.3) is 11.0 Å². The first-order valence-electron chi connectivity index (χ1n) is 7.27. The molecule has 19 heavy (non-hydrogen) atoms. The van der Waals surface area contributed by atoms with Crippen molar-refractivity contribution in [3.8, 4) is 0 Å². The molecule has 0 spiro atoms. The molecule has 2 heterocycles.